The Balaban J connectivity index is 0.000000183. The second-order valence-corrected chi connectivity index (χ2v) is 15.7. The fourth-order valence-corrected chi connectivity index (χ4v) is 7.39. The summed E-state index contributed by atoms with van der Waals surface area (Å²) in [6.45, 7) is 2.72. The molecular weight excluding hydrogens is 909 g/mol. The molecule has 2 unspecified atom stereocenters. The number of nitriles is 2. The Labute approximate surface area is 382 Å². The summed E-state index contributed by atoms with van der Waals surface area (Å²) in [4.78, 5) is 20.9. The summed E-state index contributed by atoms with van der Waals surface area (Å²) < 4.78 is 13.9. The van der Waals surface area contributed by atoms with Crippen LogP contribution in [0.1, 0.15) is 42.0 Å². The number of ether oxygens (including phenoxy) is 2. The lowest BCUT2D eigenvalue weighted by atomic mass is 9.79. The Morgan fingerprint density at radius 3 is 2.03 bits per heavy atom. The summed E-state index contributed by atoms with van der Waals surface area (Å²) in [5.41, 5.74) is 2.00. The smallest absolute Gasteiger partial charge is 0.438 e. The molecule has 0 radical (unpaired) electrons. The van der Waals surface area contributed by atoms with Gasteiger partial charge in [0.2, 0.25) is 5.88 Å². The molecule has 2 aromatic heterocycles. The standard InChI is InChI=1S/C19H18ClN3O4.C15H18ClN3O.C8Cl4N2/c1-25-19(24)23(26-2)17-6-4-3-5-14(17)13-27-18-11-12-22(21-18)16-9-7-15(20)8-10-16;1-11(12-2-3-12)15(20,8-19-10-17-9-18-19)13-4-6-14(16)7-5-13;9-5-3(1-13)6(10)8(12)7(11)4(5)2-14/h3-12H,13H2,1-2H3;4-7,9-12,20H,2-3,8H2,1H3;. The number of aliphatic hydroxyl groups is 1. The fourth-order valence-electron chi connectivity index (χ4n) is 6.07. The van der Waals surface area contributed by atoms with Gasteiger partial charge in [0.05, 0.1) is 63.4 Å². The van der Waals surface area contributed by atoms with Crippen LogP contribution in [0.5, 0.6) is 5.88 Å². The number of hydroxylamine groups is 1. The van der Waals surface area contributed by atoms with Gasteiger partial charge in [-0.25, -0.2) is 19.1 Å². The van der Waals surface area contributed by atoms with Crippen molar-refractivity contribution in [2.45, 2.75) is 38.5 Å². The molecule has 2 heterocycles. The first kappa shape index (κ1) is 47.0. The van der Waals surface area contributed by atoms with Gasteiger partial charge in [0.25, 0.3) is 0 Å². The number of carbonyl (C=O) groups excluding carboxylic acids is 1. The van der Waals surface area contributed by atoms with Gasteiger partial charge in [-0.1, -0.05) is 107 Å². The molecule has 4 aromatic carbocycles. The first-order chi connectivity index (χ1) is 29.3. The molecule has 7 rings (SSSR count). The van der Waals surface area contributed by atoms with Gasteiger partial charge in [0.1, 0.15) is 37.0 Å². The normalized spacial score (nSPS) is 13.2. The number of aromatic nitrogens is 5. The Hall–Kier alpha value is -5.06. The summed E-state index contributed by atoms with van der Waals surface area (Å²) in [5.74, 6) is 1.20. The van der Waals surface area contributed by atoms with Gasteiger partial charge >= 0.3 is 6.09 Å². The Kier molecular flexibility index (Phi) is 16.7. The first-order valence-electron chi connectivity index (χ1n) is 18.2. The topological polar surface area (TPSA) is 164 Å². The van der Waals surface area contributed by atoms with Gasteiger partial charge in [0.15, 0.2) is 0 Å². The van der Waals surface area contributed by atoms with E-state index in [-0.39, 0.29) is 43.7 Å². The van der Waals surface area contributed by atoms with E-state index in [1.807, 2.05) is 48.5 Å². The van der Waals surface area contributed by atoms with Crippen LogP contribution in [0.25, 0.3) is 5.69 Å². The van der Waals surface area contributed by atoms with Crippen LogP contribution in [0.4, 0.5) is 10.5 Å². The van der Waals surface area contributed by atoms with Crippen LogP contribution in [-0.2, 0) is 28.3 Å². The molecule has 6 aromatic rings. The van der Waals surface area contributed by atoms with E-state index in [0.29, 0.717) is 34.1 Å². The van der Waals surface area contributed by atoms with Crippen molar-refractivity contribution in [1.82, 2.24) is 24.5 Å². The summed E-state index contributed by atoms with van der Waals surface area (Å²) in [6, 6.07) is 27.2. The largest absolute Gasteiger partial charge is 0.472 e. The molecule has 0 spiro atoms. The molecule has 1 N–H and O–H groups in total. The quantitative estimate of drug-likeness (QED) is 0.0751. The van der Waals surface area contributed by atoms with E-state index in [1.165, 1.54) is 33.4 Å². The number of halogens is 6. The molecule has 13 nitrogen and oxygen atoms in total. The van der Waals surface area contributed by atoms with E-state index in [1.54, 1.807) is 64.4 Å². The van der Waals surface area contributed by atoms with E-state index < -0.39 is 11.7 Å². The molecule has 316 valence electrons. The van der Waals surface area contributed by atoms with Crippen LogP contribution in [-0.4, -0.2) is 50.0 Å². The number of para-hydroxylation sites is 1. The molecule has 1 fully saturated rings. The SMILES string of the molecule is CC(C1CC1)C(O)(Cn1cncn1)c1ccc(Cl)cc1.COC(=O)N(OC)c1ccccc1COc1ccn(-c2ccc(Cl)cc2)n1.N#Cc1c(Cl)c(Cl)c(Cl)c(C#N)c1Cl. The van der Waals surface area contributed by atoms with Crippen LogP contribution in [0.15, 0.2) is 97.7 Å². The highest BCUT2D eigenvalue weighted by molar-refractivity contribution is 6.50. The molecule has 1 aliphatic rings. The number of amides is 1. The van der Waals surface area contributed by atoms with Crippen LogP contribution in [0, 0.1) is 34.5 Å². The number of methoxy groups -OCH3 is 1. The van der Waals surface area contributed by atoms with Gasteiger partial charge in [-0.3, -0.25) is 4.84 Å². The van der Waals surface area contributed by atoms with Crippen molar-refractivity contribution in [2.75, 3.05) is 19.3 Å². The van der Waals surface area contributed by atoms with E-state index in [9.17, 15) is 9.90 Å². The first-order valence-corrected chi connectivity index (χ1v) is 20.4. The summed E-state index contributed by atoms with van der Waals surface area (Å²) in [6.07, 6.45) is 6.67. The number of hydrogen-bond acceptors (Lipinski definition) is 10. The zero-order chi connectivity index (χ0) is 44.3. The molecule has 0 saturated heterocycles. The number of hydrogen-bond donors (Lipinski definition) is 1. The Bertz CT molecular complexity index is 2460. The number of anilines is 1. The minimum atomic E-state index is -0.945. The van der Waals surface area contributed by atoms with Gasteiger partial charge in [-0.15, -0.1) is 5.10 Å². The number of rotatable bonds is 11. The third kappa shape index (κ3) is 11.7. The maximum absolute atomic E-state index is 11.9. The predicted molar refractivity (Wildman–Crippen MR) is 234 cm³/mol. The molecule has 0 bridgehead atoms. The molecule has 1 saturated carbocycles. The van der Waals surface area contributed by atoms with E-state index in [2.05, 4.69) is 22.1 Å². The fraction of sp³-hybridized carbons (Fsp3) is 0.238. The van der Waals surface area contributed by atoms with Crippen LogP contribution in [0.2, 0.25) is 30.1 Å². The minimum absolute atomic E-state index is 0.0363. The molecule has 1 amide bonds. The zero-order valence-corrected chi connectivity index (χ0v) is 37.2. The summed E-state index contributed by atoms with van der Waals surface area (Å²) >= 11 is 34.7. The van der Waals surface area contributed by atoms with Crippen molar-refractivity contribution in [3.8, 4) is 23.7 Å². The lowest BCUT2D eigenvalue weighted by molar-refractivity contribution is -0.0442. The van der Waals surface area contributed by atoms with Crippen molar-refractivity contribution >= 4 is 81.4 Å². The Morgan fingerprint density at radius 1 is 0.885 bits per heavy atom. The highest BCUT2D eigenvalue weighted by Gasteiger charge is 2.44. The van der Waals surface area contributed by atoms with E-state index >= 15 is 0 Å². The summed E-state index contributed by atoms with van der Waals surface area (Å²) in [7, 11) is 2.68. The van der Waals surface area contributed by atoms with Gasteiger partial charge < -0.3 is 14.6 Å². The molecule has 0 aliphatic heterocycles. The van der Waals surface area contributed by atoms with Crippen molar-refractivity contribution < 1.29 is 24.2 Å². The third-order valence-corrected chi connectivity index (χ3v) is 11.8. The van der Waals surface area contributed by atoms with Crippen LogP contribution >= 0.6 is 69.6 Å². The van der Waals surface area contributed by atoms with E-state index in [4.69, 9.17) is 94.4 Å². The minimum Gasteiger partial charge on any atom is -0.472 e. The van der Waals surface area contributed by atoms with E-state index in [0.717, 1.165) is 21.9 Å². The third-order valence-electron chi connectivity index (χ3n) is 9.55. The maximum atomic E-state index is 11.9. The average molecular weight is 946 g/mol. The molecule has 19 heteroatoms. The Morgan fingerprint density at radius 2 is 1.49 bits per heavy atom. The molecule has 2 atom stereocenters. The van der Waals surface area contributed by atoms with Gasteiger partial charge in [0, 0.05) is 27.9 Å². The highest BCUT2D eigenvalue weighted by Crippen LogP contribution is 2.46. The number of carbonyl (C=O) groups is 1. The predicted octanol–water partition coefficient (Wildman–Crippen LogP) is 11.1. The lowest BCUT2D eigenvalue weighted by Crippen LogP contribution is -2.39. The number of benzene rings is 4. The molecule has 61 heavy (non-hydrogen) atoms. The van der Waals surface area contributed by atoms with Crippen molar-refractivity contribution in [1.29, 1.82) is 10.5 Å². The maximum Gasteiger partial charge on any atom is 0.438 e. The second kappa shape index (κ2) is 21.6. The monoisotopic (exact) mass is 942 g/mol. The number of nitrogens with zero attached hydrogens (tertiary/aromatic N) is 8. The van der Waals surface area contributed by atoms with Crippen molar-refractivity contribution in [3.63, 3.8) is 0 Å². The van der Waals surface area contributed by atoms with Gasteiger partial charge in [-0.2, -0.15) is 20.7 Å². The van der Waals surface area contributed by atoms with Crippen LogP contribution in [0.3, 0.4) is 0 Å². The lowest BCUT2D eigenvalue weighted by Gasteiger charge is -2.35. The van der Waals surface area contributed by atoms with Crippen molar-refractivity contribution in [3.05, 3.63) is 150 Å². The van der Waals surface area contributed by atoms with Crippen LogP contribution < -0.4 is 9.80 Å². The van der Waals surface area contributed by atoms with Crippen molar-refractivity contribution in [2.24, 2.45) is 11.8 Å². The second-order valence-electron chi connectivity index (χ2n) is 13.3. The summed E-state index contributed by atoms with van der Waals surface area (Å²) in [5, 5.41) is 39.4. The average Bonchev–Trinajstić information content (AvgIpc) is 3.79. The zero-order valence-electron chi connectivity index (χ0n) is 32.6. The van der Waals surface area contributed by atoms with Gasteiger partial charge in [-0.05, 0) is 72.7 Å². The molecule has 1 aliphatic carbocycles. The highest BCUT2D eigenvalue weighted by atomic mass is 35.5. The molecular formula is C42H36Cl6N8O5.